The van der Waals surface area contributed by atoms with Gasteiger partial charge < -0.3 is 19.7 Å². The maximum atomic E-state index is 12.2. The van der Waals surface area contributed by atoms with Gasteiger partial charge in [-0.3, -0.25) is 9.59 Å². The minimum Gasteiger partial charge on any atom is -0.454 e. The van der Waals surface area contributed by atoms with Gasteiger partial charge in [0.05, 0.1) is 6.04 Å². The number of nitrogens with one attached hydrogen (secondary N) is 1. The van der Waals surface area contributed by atoms with Gasteiger partial charge in [0.1, 0.15) is 0 Å². The van der Waals surface area contributed by atoms with Gasteiger partial charge in [-0.05, 0) is 48.0 Å². The van der Waals surface area contributed by atoms with Crippen molar-refractivity contribution in [3.8, 4) is 11.5 Å². The van der Waals surface area contributed by atoms with Crippen molar-refractivity contribution in [2.75, 3.05) is 18.2 Å². The summed E-state index contributed by atoms with van der Waals surface area (Å²) in [4.78, 5) is 26.1. The molecule has 2 amide bonds. The molecule has 1 atom stereocenters. The Morgan fingerprint density at radius 2 is 1.93 bits per heavy atom. The molecule has 27 heavy (non-hydrogen) atoms. The summed E-state index contributed by atoms with van der Waals surface area (Å²) in [5, 5.41) is 3.49. The lowest BCUT2D eigenvalue weighted by Gasteiger charge is -2.17. The van der Waals surface area contributed by atoms with Crippen LogP contribution in [-0.2, 0) is 9.59 Å². The van der Waals surface area contributed by atoms with Crippen molar-refractivity contribution < 1.29 is 19.1 Å². The summed E-state index contributed by atoms with van der Waals surface area (Å²) in [5.41, 5.74) is 1.61. The Bertz CT molecular complexity index is 911. The van der Waals surface area contributed by atoms with Gasteiger partial charge in [-0.15, -0.1) is 0 Å². The first kappa shape index (κ1) is 17.4. The molecule has 1 N–H and O–H groups in total. The van der Waals surface area contributed by atoms with Crippen LogP contribution >= 0.6 is 11.6 Å². The van der Waals surface area contributed by atoms with Gasteiger partial charge in [0.25, 0.3) is 0 Å². The van der Waals surface area contributed by atoms with E-state index in [9.17, 15) is 9.59 Å². The largest absolute Gasteiger partial charge is 0.454 e. The molecule has 1 fully saturated rings. The fourth-order valence-electron chi connectivity index (χ4n) is 3.11. The van der Waals surface area contributed by atoms with Crippen LogP contribution < -0.4 is 19.7 Å². The average molecular weight is 385 g/mol. The van der Waals surface area contributed by atoms with Gasteiger partial charge in [-0.25, -0.2) is 0 Å². The molecular formula is C20H17ClN2O4. The van der Waals surface area contributed by atoms with Crippen LogP contribution in [0.5, 0.6) is 11.5 Å². The van der Waals surface area contributed by atoms with Crippen LogP contribution in [0.3, 0.4) is 0 Å². The van der Waals surface area contributed by atoms with E-state index < -0.39 is 0 Å². The van der Waals surface area contributed by atoms with E-state index in [0.717, 1.165) is 11.3 Å². The molecule has 2 aromatic carbocycles. The molecule has 0 spiro atoms. The second-order valence-electron chi connectivity index (χ2n) is 6.34. The predicted molar refractivity (Wildman–Crippen MR) is 102 cm³/mol. The van der Waals surface area contributed by atoms with Crippen molar-refractivity contribution in [1.29, 1.82) is 0 Å². The number of rotatable bonds is 4. The van der Waals surface area contributed by atoms with E-state index in [0.29, 0.717) is 23.1 Å². The topological polar surface area (TPSA) is 67.9 Å². The number of carbonyl (C=O) groups is 2. The number of ether oxygens (including phenoxy) is 2. The van der Waals surface area contributed by atoms with E-state index in [1.165, 1.54) is 6.08 Å². The third-order valence-corrected chi connectivity index (χ3v) is 4.69. The van der Waals surface area contributed by atoms with Gasteiger partial charge in [0, 0.05) is 29.8 Å². The Balaban J connectivity index is 1.36. The standard InChI is InChI=1S/C20H17ClN2O4/c21-14-3-5-16(6-4-14)23-11-15(10-20(23)25)22-19(24)8-2-13-1-7-17-18(9-13)27-12-26-17/h1-9,15H,10-12H2,(H,22,24). The van der Waals surface area contributed by atoms with Gasteiger partial charge in [0.2, 0.25) is 18.6 Å². The van der Waals surface area contributed by atoms with Crippen LogP contribution in [0.1, 0.15) is 12.0 Å². The number of amides is 2. The summed E-state index contributed by atoms with van der Waals surface area (Å²) in [7, 11) is 0. The SMILES string of the molecule is O=C(C=Cc1ccc2c(c1)OCO2)NC1CC(=O)N(c2ccc(Cl)cc2)C1. The molecule has 0 radical (unpaired) electrons. The minimum atomic E-state index is -0.247. The first-order valence-electron chi connectivity index (χ1n) is 8.53. The Hall–Kier alpha value is -2.99. The zero-order chi connectivity index (χ0) is 18.8. The maximum absolute atomic E-state index is 12.2. The highest BCUT2D eigenvalue weighted by atomic mass is 35.5. The molecule has 0 bridgehead atoms. The summed E-state index contributed by atoms with van der Waals surface area (Å²) >= 11 is 5.89. The van der Waals surface area contributed by atoms with Gasteiger partial charge in [0.15, 0.2) is 11.5 Å². The molecule has 7 heteroatoms. The quantitative estimate of drug-likeness (QED) is 0.823. The second kappa shape index (κ2) is 7.32. The zero-order valence-corrected chi connectivity index (χ0v) is 15.1. The number of halogens is 1. The fraction of sp³-hybridized carbons (Fsp3) is 0.200. The fourth-order valence-corrected chi connectivity index (χ4v) is 3.24. The predicted octanol–water partition coefficient (Wildman–Crippen LogP) is 3.00. The molecule has 2 aliphatic rings. The van der Waals surface area contributed by atoms with Crippen molar-refractivity contribution in [3.05, 3.63) is 59.1 Å². The van der Waals surface area contributed by atoms with E-state index in [-0.39, 0.29) is 31.1 Å². The van der Waals surface area contributed by atoms with Crippen molar-refractivity contribution in [2.45, 2.75) is 12.5 Å². The Morgan fingerprint density at radius 1 is 1.15 bits per heavy atom. The third-order valence-electron chi connectivity index (χ3n) is 4.43. The summed E-state index contributed by atoms with van der Waals surface area (Å²) in [5.74, 6) is 1.09. The summed E-state index contributed by atoms with van der Waals surface area (Å²) in [6.45, 7) is 0.646. The van der Waals surface area contributed by atoms with Crippen molar-refractivity contribution >= 4 is 35.2 Å². The molecule has 0 aromatic heterocycles. The number of anilines is 1. The van der Waals surface area contributed by atoms with Crippen molar-refractivity contribution in [1.82, 2.24) is 5.32 Å². The second-order valence-corrected chi connectivity index (χ2v) is 6.77. The zero-order valence-electron chi connectivity index (χ0n) is 14.4. The molecule has 1 unspecified atom stereocenters. The van der Waals surface area contributed by atoms with Crippen LogP contribution in [0.2, 0.25) is 5.02 Å². The first-order valence-corrected chi connectivity index (χ1v) is 8.90. The number of hydrogen-bond donors (Lipinski definition) is 1. The highest BCUT2D eigenvalue weighted by Gasteiger charge is 2.31. The normalized spacial score (nSPS) is 18.3. The Morgan fingerprint density at radius 3 is 2.74 bits per heavy atom. The molecule has 2 heterocycles. The van der Waals surface area contributed by atoms with Crippen LogP contribution in [-0.4, -0.2) is 31.2 Å². The number of fused-ring (bicyclic) bond motifs is 1. The van der Waals surface area contributed by atoms with Crippen molar-refractivity contribution in [2.24, 2.45) is 0 Å². The molecular weight excluding hydrogens is 368 g/mol. The molecule has 0 saturated carbocycles. The third kappa shape index (κ3) is 3.90. The molecule has 1 saturated heterocycles. The minimum absolute atomic E-state index is 0.0256. The molecule has 0 aliphatic carbocycles. The lowest BCUT2D eigenvalue weighted by molar-refractivity contribution is -0.117. The van der Waals surface area contributed by atoms with Crippen LogP contribution in [0, 0.1) is 0 Å². The van der Waals surface area contributed by atoms with Crippen LogP contribution in [0.25, 0.3) is 6.08 Å². The summed E-state index contributed by atoms with van der Waals surface area (Å²) in [6, 6.07) is 12.3. The number of nitrogens with zero attached hydrogens (tertiary/aromatic N) is 1. The van der Waals surface area contributed by atoms with Gasteiger partial charge in [-0.1, -0.05) is 17.7 Å². The Kier molecular flexibility index (Phi) is 4.73. The summed E-state index contributed by atoms with van der Waals surface area (Å²) in [6.07, 6.45) is 3.42. The average Bonchev–Trinajstić information content (AvgIpc) is 3.26. The highest BCUT2D eigenvalue weighted by Crippen LogP contribution is 2.32. The van der Waals surface area contributed by atoms with E-state index in [4.69, 9.17) is 21.1 Å². The van der Waals surface area contributed by atoms with Gasteiger partial charge in [-0.2, -0.15) is 0 Å². The van der Waals surface area contributed by atoms with E-state index in [1.54, 1.807) is 41.3 Å². The van der Waals surface area contributed by atoms with Gasteiger partial charge >= 0.3 is 0 Å². The molecule has 6 nitrogen and oxygen atoms in total. The maximum Gasteiger partial charge on any atom is 0.244 e. The summed E-state index contributed by atoms with van der Waals surface area (Å²) < 4.78 is 10.6. The van der Waals surface area contributed by atoms with Crippen LogP contribution in [0.15, 0.2) is 48.5 Å². The molecule has 2 aliphatic heterocycles. The van der Waals surface area contributed by atoms with E-state index in [2.05, 4.69) is 5.32 Å². The lowest BCUT2D eigenvalue weighted by Crippen LogP contribution is -2.36. The number of carbonyl (C=O) groups excluding carboxylic acids is 2. The monoisotopic (exact) mass is 384 g/mol. The smallest absolute Gasteiger partial charge is 0.244 e. The molecule has 2 aromatic rings. The number of hydrogen-bond acceptors (Lipinski definition) is 4. The highest BCUT2D eigenvalue weighted by molar-refractivity contribution is 6.30. The van der Waals surface area contributed by atoms with Crippen molar-refractivity contribution in [3.63, 3.8) is 0 Å². The molecule has 4 rings (SSSR count). The van der Waals surface area contributed by atoms with Crippen LogP contribution in [0.4, 0.5) is 5.69 Å². The lowest BCUT2D eigenvalue weighted by atomic mass is 10.2. The van der Waals surface area contributed by atoms with E-state index in [1.807, 2.05) is 12.1 Å². The first-order chi connectivity index (χ1) is 13.1. The molecule has 138 valence electrons. The number of benzene rings is 2. The Labute approximate surface area is 161 Å². The van der Waals surface area contributed by atoms with E-state index >= 15 is 0 Å².